The number of rotatable bonds is 5. The molecular weight excluding hydrogens is 504 g/mol. The Morgan fingerprint density at radius 3 is 2.56 bits per heavy atom. The van der Waals surface area contributed by atoms with E-state index < -0.39 is 28.8 Å². The number of aryl methyl sites for hydroxylation is 1. The Labute approximate surface area is 203 Å². The molecule has 0 aliphatic carbocycles. The third kappa shape index (κ3) is 4.39. The van der Waals surface area contributed by atoms with Crippen LogP contribution in [0, 0.1) is 15.9 Å². The van der Waals surface area contributed by atoms with E-state index in [0.29, 0.717) is 22.0 Å². The molecule has 36 heavy (non-hydrogen) atoms. The van der Waals surface area contributed by atoms with E-state index in [-0.39, 0.29) is 16.5 Å². The number of nitro benzene ring substituents is 1. The predicted octanol–water partition coefficient (Wildman–Crippen LogP) is 4.68. The average molecular weight is 518 g/mol. The van der Waals surface area contributed by atoms with Gasteiger partial charge in [-0.25, -0.2) is 9.07 Å². The van der Waals surface area contributed by atoms with Crippen LogP contribution in [0.4, 0.5) is 29.2 Å². The number of hydrogen-bond donors (Lipinski definition) is 1. The number of nitrogens with zero attached hydrogens (tertiary/aromatic N) is 7. The molecule has 1 aliphatic heterocycles. The van der Waals surface area contributed by atoms with Gasteiger partial charge < -0.3 is 9.88 Å². The van der Waals surface area contributed by atoms with Crippen molar-refractivity contribution in [3.8, 4) is 0 Å². The van der Waals surface area contributed by atoms with Crippen molar-refractivity contribution in [2.75, 3.05) is 5.32 Å². The van der Waals surface area contributed by atoms with Crippen molar-refractivity contribution >= 4 is 29.1 Å². The van der Waals surface area contributed by atoms with Crippen molar-refractivity contribution in [3.05, 3.63) is 87.8 Å². The molecule has 1 aliphatic rings. The lowest BCUT2D eigenvalue weighted by atomic mass is 10.0. The van der Waals surface area contributed by atoms with Gasteiger partial charge in [-0.1, -0.05) is 6.07 Å². The summed E-state index contributed by atoms with van der Waals surface area (Å²) >= 11 is 1.02. The van der Waals surface area contributed by atoms with E-state index in [1.54, 1.807) is 23.8 Å². The molecule has 5 rings (SSSR count). The fourth-order valence-electron chi connectivity index (χ4n) is 3.56. The zero-order chi connectivity index (χ0) is 25.6. The Kier molecular flexibility index (Phi) is 5.70. The highest BCUT2D eigenvalue weighted by Crippen LogP contribution is 2.39. The fourth-order valence-corrected chi connectivity index (χ4v) is 4.41. The van der Waals surface area contributed by atoms with Gasteiger partial charge in [-0.15, -0.1) is 15.3 Å². The molecule has 0 unspecified atom stereocenters. The number of nitro groups is 1. The van der Waals surface area contributed by atoms with E-state index in [1.807, 2.05) is 0 Å². The van der Waals surface area contributed by atoms with Crippen LogP contribution in [0.2, 0.25) is 0 Å². The fraction of sp³-hybridized carbons (Fsp3) is 0.143. The minimum absolute atomic E-state index is 0.214. The van der Waals surface area contributed by atoms with E-state index in [0.717, 1.165) is 16.4 Å². The van der Waals surface area contributed by atoms with Gasteiger partial charge in [-0.2, -0.15) is 18.2 Å². The summed E-state index contributed by atoms with van der Waals surface area (Å²) in [6, 6.07) is 8.65. The summed E-state index contributed by atoms with van der Waals surface area (Å²) in [6.45, 7) is 0. The Bertz CT molecular complexity index is 1500. The molecule has 0 bridgehead atoms. The predicted molar refractivity (Wildman–Crippen MR) is 119 cm³/mol. The van der Waals surface area contributed by atoms with Crippen molar-refractivity contribution in [2.24, 2.45) is 7.05 Å². The number of hydrogen-bond acceptors (Lipinski definition) is 8. The van der Waals surface area contributed by atoms with Gasteiger partial charge in [0, 0.05) is 18.8 Å². The number of benzene rings is 2. The number of fused-ring (bicyclic) bond motifs is 1. The maximum absolute atomic E-state index is 13.4. The van der Waals surface area contributed by atoms with Crippen LogP contribution >= 0.6 is 11.8 Å². The summed E-state index contributed by atoms with van der Waals surface area (Å²) in [7, 11) is 1.68. The maximum atomic E-state index is 13.4. The van der Waals surface area contributed by atoms with Crippen LogP contribution in [0.15, 0.2) is 64.9 Å². The van der Waals surface area contributed by atoms with Crippen molar-refractivity contribution in [1.82, 2.24) is 29.5 Å². The molecule has 2 aromatic carbocycles. The summed E-state index contributed by atoms with van der Waals surface area (Å²) < 4.78 is 56.1. The lowest BCUT2D eigenvalue weighted by Crippen LogP contribution is -2.20. The lowest BCUT2D eigenvalue weighted by Gasteiger charge is -2.24. The molecule has 0 saturated heterocycles. The topological polar surface area (TPSA) is 117 Å². The molecule has 15 heteroatoms. The van der Waals surface area contributed by atoms with Crippen LogP contribution in [0.3, 0.4) is 0 Å². The Morgan fingerprint density at radius 1 is 1.17 bits per heavy atom. The molecule has 0 spiro atoms. The minimum Gasteiger partial charge on any atom is -0.324 e. The van der Waals surface area contributed by atoms with Crippen LogP contribution in [0.25, 0.3) is 5.70 Å². The van der Waals surface area contributed by atoms with Gasteiger partial charge in [0.15, 0.2) is 5.16 Å². The molecule has 1 atom stereocenters. The summed E-state index contributed by atoms with van der Waals surface area (Å²) in [5.74, 6) is -2.07. The number of anilines is 1. The standard InChI is InChI=1S/C21H14F4N8O2S/c1-31-10-26-29-20(31)36-17-7-4-12(8-16(17)33(34)35)15-9-14(11-2-5-13(22)6-3-11)27-19-28-18(21(23,24)25)30-32(15)19/h2-10,15H,1H3,(H,27,28,30)/t15-/m1/s1. The summed E-state index contributed by atoms with van der Waals surface area (Å²) in [5.41, 5.74) is 0.848. The van der Waals surface area contributed by atoms with Gasteiger partial charge in [0.25, 0.3) is 11.5 Å². The first-order chi connectivity index (χ1) is 17.1. The quantitative estimate of drug-likeness (QED) is 0.230. The third-order valence-corrected chi connectivity index (χ3v) is 6.38. The molecule has 0 saturated carbocycles. The molecule has 3 heterocycles. The highest BCUT2D eigenvalue weighted by atomic mass is 32.2. The monoisotopic (exact) mass is 518 g/mol. The van der Waals surface area contributed by atoms with E-state index in [1.165, 1.54) is 42.7 Å². The smallest absolute Gasteiger partial charge is 0.324 e. The second-order valence-corrected chi connectivity index (χ2v) is 8.68. The number of aromatic nitrogens is 6. The Hall–Kier alpha value is -4.27. The Balaban J connectivity index is 1.61. The highest BCUT2D eigenvalue weighted by molar-refractivity contribution is 7.99. The van der Waals surface area contributed by atoms with E-state index in [4.69, 9.17) is 0 Å². The van der Waals surface area contributed by atoms with Crippen LogP contribution in [0.1, 0.15) is 23.0 Å². The van der Waals surface area contributed by atoms with Crippen molar-refractivity contribution in [1.29, 1.82) is 0 Å². The van der Waals surface area contributed by atoms with Crippen molar-refractivity contribution < 1.29 is 22.5 Å². The first-order valence-electron chi connectivity index (χ1n) is 10.2. The summed E-state index contributed by atoms with van der Waals surface area (Å²) in [4.78, 5) is 15.1. The lowest BCUT2D eigenvalue weighted by molar-refractivity contribution is -0.387. The molecule has 2 aromatic heterocycles. The SMILES string of the molecule is Cn1cnnc1Sc1ccc([C@H]2C=C(c3ccc(F)cc3)Nc3nc(C(F)(F)F)nn32)cc1[N+](=O)[O-]. The van der Waals surface area contributed by atoms with Gasteiger partial charge in [0.1, 0.15) is 18.2 Å². The molecule has 0 radical (unpaired) electrons. The molecule has 0 fully saturated rings. The van der Waals surface area contributed by atoms with Crippen LogP contribution in [-0.2, 0) is 13.2 Å². The number of nitrogens with one attached hydrogen (secondary N) is 1. The first-order valence-corrected chi connectivity index (χ1v) is 11.0. The van der Waals surface area contributed by atoms with Gasteiger partial charge in [0.05, 0.1) is 9.82 Å². The molecule has 0 amide bonds. The van der Waals surface area contributed by atoms with E-state index in [9.17, 15) is 27.7 Å². The maximum Gasteiger partial charge on any atom is 0.453 e. The zero-order valence-corrected chi connectivity index (χ0v) is 19.0. The van der Waals surface area contributed by atoms with E-state index >= 15 is 0 Å². The van der Waals surface area contributed by atoms with Gasteiger partial charge in [0.2, 0.25) is 5.95 Å². The zero-order valence-electron chi connectivity index (χ0n) is 18.1. The number of allylic oxidation sites excluding steroid dienone is 1. The van der Waals surface area contributed by atoms with Crippen molar-refractivity contribution in [3.63, 3.8) is 0 Å². The third-order valence-electron chi connectivity index (χ3n) is 5.27. The minimum atomic E-state index is -4.81. The molecular formula is C21H14F4N8O2S. The molecule has 10 nitrogen and oxygen atoms in total. The van der Waals surface area contributed by atoms with Gasteiger partial charge in [-0.05, 0) is 59.3 Å². The van der Waals surface area contributed by atoms with E-state index in [2.05, 4.69) is 25.6 Å². The Morgan fingerprint density at radius 2 is 1.92 bits per heavy atom. The van der Waals surface area contributed by atoms with Crippen molar-refractivity contribution in [2.45, 2.75) is 22.3 Å². The molecule has 1 N–H and O–H groups in total. The second kappa shape index (κ2) is 8.75. The number of halogens is 4. The summed E-state index contributed by atoms with van der Waals surface area (Å²) in [6.07, 6.45) is -1.82. The van der Waals surface area contributed by atoms with Gasteiger partial charge >= 0.3 is 6.18 Å². The number of alkyl halides is 3. The molecule has 184 valence electrons. The second-order valence-electron chi connectivity index (χ2n) is 7.67. The normalized spacial score (nSPS) is 15.2. The van der Waals surface area contributed by atoms with Gasteiger partial charge in [-0.3, -0.25) is 10.1 Å². The van der Waals surface area contributed by atoms with Crippen LogP contribution in [-0.4, -0.2) is 34.5 Å². The van der Waals surface area contributed by atoms with Crippen LogP contribution < -0.4 is 5.32 Å². The first kappa shape index (κ1) is 23.5. The molecule has 4 aromatic rings. The summed E-state index contributed by atoms with van der Waals surface area (Å²) in [5, 5.41) is 26.3. The van der Waals surface area contributed by atoms with Crippen LogP contribution in [0.5, 0.6) is 0 Å². The highest BCUT2D eigenvalue weighted by Gasteiger charge is 2.39. The largest absolute Gasteiger partial charge is 0.453 e. The average Bonchev–Trinajstić information content (AvgIpc) is 3.45.